The van der Waals surface area contributed by atoms with Crippen molar-refractivity contribution in [3.05, 3.63) is 29.8 Å². The first kappa shape index (κ1) is 19.7. The number of amides is 2. The number of carbonyl (C=O) groups is 3. The molecule has 0 bridgehead atoms. The highest BCUT2D eigenvalue weighted by atomic mass is 16.5. The highest BCUT2D eigenvalue weighted by Crippen LogP contribution is 2.29. The summed E-state index contributed by atoms with van der Waals surface area (Å²) in [6.45, 7) is 9.63. The van der Waals surface area contributed by atoms with Gasteiger partial charge in [-0.15, -0.1) is 0 Å². The zero-order valence-corrected chi connectivity index (χ0v) is 14.9. The normalized spacial score (nSPS) is 11.1. The molecule has 1 rings (SSSR count). The van der Waals surface area contributed by atoms with Gasteiger partial charge in [-0.3, -0.25) is 14.4 Å². The first-order chi connectivity index (χ1) is 11.1. The van der Waals surface area contributed by atoms with Crippen LogP contribution < -0.4 is 10.6 Å². The van der Waals surface area contributed by atoms with Crippen molar-refractivity contribution in [1.29, 1.82) is 0 Å². The summed E-state index contributed by atoms with van der Waals surface area (Å²) in [5, 5.41) is 5.03. The van der Waals surface area contributed by atoms with Crippen LogP contribution in [0.3, 0.4) is 0 Å². The standard InChI is InChI=1S/C18H26N2O4/c1-12(2)24-15(21)10-11-19-16(22)17(23)20-14-9-7-6-8-13(14)18(3,4)5/h6-9,12H,10-11H2,1-5H3,(H,19,22)(H,20,23). The van der Waals surface area contributed by atoms with E-state index >= 15 is 0 Å². The summed E-state index contributed by atoms with van der Waals surface area (Å²) in [6, 6.07) is 7.35. The average Bonchev–Trinajstić information content (AvgIpc) is 2.45. The molecular weight excluding hydrogens is 308 g/mol. The van der Waals surface area contributed by atoms with E-state index in [4.69, 9.17) is 4.74 Å². The van der Waals surface area contributed by atoms with E-state index in [1.165, 1.54) is 0 Å². The molecule has 0 radical (unpaired) electrons. The lowest BCUT2D eigenvalue weighted by molar-refractivity contribution is -0.147. The number of ether oxygens (including phenoxy) is 1. The summed E-state index contributed by atoms with van der Waals surface area (Å²) in [5.41, 5.74) is 1.37. The minimum Gasteiger partial charge on any atom is -0.463 e. The summed E-state index contributed by atoms with van der Waals surface area (Å²) in [7, 11) is 0. The zero-order valence-electron chi connectivity index (χ0n) is 14.9. The van der Waals surface area contributed by atoms with Crippen LogP contribution in [0.25, 0.3) is 0 Å². The van der Waals surface area contributed by atoms with Gasteiger partial charge >= 0.3 is 17.8 Å². The Morgan fingerprint density at radius 3 is 2.29 bits per heavy atom. The van der Waals surface area contributed by atoms with Crippen molar-refractivity contribution in [2.24, 2.45) is 0 Å². The predicted octanol–water partition coefficient (Wildman–Crippen LogP) is 2.38. The molecule has 0 unspecified atom stereocenters. The highest BCUT2D eigenvalue weighted by molar-refractivity contribution is 6.39. The molecule has 2 N–H and O–H groups in total. The van der Waals surface area contributed by atoms with Crippen molar-refractivity contribution in [1.82, 2.24) is 5.32 Å². The van der Waals surface area contributed by atoms with Crippen molar-refractivity contribution < 1.29 is 19.1 Å². The van der Waals surface area contributed by atoms with E-state index in [1.807, 2.05) is 32.9 Å². The maximum absolute atomic E-state index is 12.0. The Labute approximate surface area is 143 Å². The van der Waals surface area contributed by atoms with Gasteiger partial charge in [-0.1, -0.05) is 39.0 Å². The average molecular weight is 334 g/mol. The zero-order chi connectivity index (χ0) is 18.3. The summed E-state index contributed by atoms with van der Waals surface area (Å²) in [6.07, 6.45) is -0.180. The van der Waals surface area contributed by atoms with Crippen LogP contribution in [0.2, 0.25) is 0 Å². The van der Waals surface area contributed by atoms with Crippen LogP contribution in [0.5, 0.6) is 0 Å². The maximum Gasteiger partial charge on any atom is 0.313 e. The number of anilines is 1. The number of esters is 1. The van der Waals surface area contributed by atoms with Crippen LogP contribution in [0.4, 0.5) is 5.69 Å². The second kappa shape index (κ2) is 8.47. The van der Waals surface area contributed by atoms with Crippen LogP contribution >= 0.6 is 0 Å². The van der Waals surface area contributed by atoms with Crippen molar-refractivity contribution in [3.63, 3.8) is 0 Å². The number of hydrogen-bond acceptors (Lipinski definition) is 4. The molecule has 1 aromatic rings. The van der Waals surface area contributed by atoms with Crippen LogP contribution in [0, 0.1) is 0 Å². The number of para-hydroxylation sites is 1. The summed E-state index contributed by atoms with van der Waals surface area (Å²) in [5.74, 6) is -1.95. The van der Waals surface area contributed by atoms with E-state index in [1.54, 1.807) is 26.0 Å². The van der Waals surface area contributed by atoms with Crippen molar-refractivity contribution in [3.8, 4) is 0 Å². The van der Waals surface area contributed by atoms with Gasteiger partial charge in [0.2, 0.25) is 0 Å². The number of rotatable bonds is 5. The molecule has 2 amide bonds. The van der Waals surface area contributed by atoms with Gasteiger partial charge in [0.15, 0.2) is 0 Å². The summed E-state index contributed by atoms with van der Waals surface area (Å²) in [4.78, 5) is 35.2. The molecule has 0 fully saturated rings. The van der Waals surface area contributed by atoms with E-state index in [9.17, 15) is 14.4 Å². The lowest BCUT2D eigenvalue weighted by Crippen LogP contribution is -2.37. The quantitative estimate of drug-likeness (QED) is 0.639. The maximum atomic E-state index is 12.0. The van der Waals surface area contributed by atoms with Gasteiger partial charge in [-0.05, 0) is 30.9 Å². The smallest absolute Gasteiger partial charge is 0.313 e. The van der Waals surface area contributed by atoms with Crippen molar-refractivity contribution in [2.45, 2.75) is 52.6 Å². The fourth-order valence-electron chi connectivity index (χ4n) is 2.11. The molecule has 0 saturated heterocycles. The topological polar surface area (TPSA) is 84.5 Å². The number of hydrogen-bond donors (Lipinski definition) is 2. The fraction of sp³-hybridized carbons (Fsp3) is 0.500. The van der Waals surface area contributed by atoms with E-state index in [0.29, 0.717) is 5.69 Å². The van der Waals surface area contributed by atoms with Gasteiger partial charge in [-0.25, -0.2) is 0 Å². The molecule has 0 aromatic heterocycles. The largest absolute Gasteiger partial charge is 0.463 e. The fourth-order valence-corrected chi connectivity index (χ4v) is 2.11. The van der Waals surface area contributed by atoms with Gasteiger partial charge in [0.05, 0.1) is 12.5 Å². The SMILES string of the molecule is CC(C)OC(=O)CCNC(=O)C(=O)Nc1ccccc1C(C)(C)C. The summed E-state index contributed by atoms with van der Waals surface area (Å²) >= 11 is 0. The molecule has 0 heterocycles. The lowest BCUT2D eigenvalue weighted by atomic mass is 9.86. The predicted molar refractivity (Wildman–Crippen MR) is 92.6 cm³/mol. The van der Waals surface area contributed by atoms with Crippen LogP contribution in [0.1, 0.15) is 46.6 Å². The van der Waals surface area contributed by atoms with Gasteiger partial charge in [0.25, 0.3) is 0 Å². The molecule has 0 saturated carbocycles. The first-order valence-corrected chi connectivity index (χ1v) is 7.99. The van der Waals surface area contributed by atoms with Crippen LogP contribution in [-0.2, 0) is 24.5 Å². The monoisotopic (exact) mass is 334 g/mol. The lowest BCUT2D eigenvalue weighted by Gasteiger charge is -2.22. The number of benzene rings is 1. The van der Waals surface area contributed by atoms with Crippen molar-refractivity contribution >= 4 is 23.5 Å². The third-order valence-electron chi connectivity index (χ3n) is 3.17. The Morgan fingerprint density at radius 1 is 1.08 bits per heavy atom. The van der Waals surface area contributed by atoms with Crippen LogP contribution in [-0.4, -0.2) is 30.4 Å². The minimum absolute atomic E-state index is 0.0236. The summed E-state index contributed by atoms with van der Waals surface area (Å²) < 4.78 is 4.95. The Balaban J connectivity index is 2.57. The highest BCUT2D eigenvalue weighted by Gasteiger charge is 2.21. The molecule has 132 valence electrons. The Bertz CT molecular complexity index is 603. The van der Waals surface area contributed by atoms with Gasteiger partial charge in [0, 0.05) is 12.2 Å². The van der Waals surface area contributed by atoms with Gasteiger partial charge < -0.3 is 15.4 Å². The molecule has 1 aromatic carbocycles. The van der Waals surface area contributed by atoms with E-state index in [0.717, 1.165) is 5.56 Å². The Hall–Kier alpha value is -2.37. The molecule has 6 heteroatoms. The Kier molecular flexibility index (Phi) is 6.95. The molecule has 0 aliphatic rings. The second-order valence-electron chi connectivity index (χ2n) is 6.79. The third kappa shape index (κ3) is 6.40. The van der Waals surface area contributed by atoms with Crippen LogP contribution in [0.15, 0.2) is 24.3 Å². The number of carbonyl (C=O) groups excluding carboxylic acids is 3. The molecule has 24 heavy (non-hydrogen) atoms. The number of nitrogens with one attached hydrogen (secondary N) is 2. The molecule has 0 atom stereocenters. The van der Waals surface area contributed by atoms with Gasteiger partial charge in [0.1, 0.15) is 0 Å². The third-order valence-corrected chi connectivity index (χ3v) is 3.17. The van der Waals surface area contributed by atoms with E-state index in [-0.39, 0.29) is 24.5 Å². The van der Waals surface area contributed by atoms with E-state index in [2.05, 4.69) is 10.6 Å². The molecule has 0 aliphatic heterocycles. The molecule has 0 spiro atoms. The first-order valence-electron chi connectivity index (χ1n) is 7.99. The molecular formula is C18H26N2O4. The second-order valence-corrected chi connectivity index (χ2v) is 6.79. The van der Waals surface area contributed by atoms with Crippen molar-refractivity contribution in [2.75, 3.05) is 11.9 Å². The van der Waals surface area contributed by atoms with Gasteiger partial charge in [-0.2, -0.15) is 0 Å². The molecule has 6 nitrogen and oxygen atoms in total. The Morgan fingerprint density at radius 2 is 1.71 bits per heavy atom. The molecule has 0 aliphatic carbocycles. The minimum atomic E-state index is -0.781. The van der Waals surface area contributed by atoms with E-state index < -0.39 is 17.8 Å².